The second-order valence-corrected chi connectivity index (χ2v) is 12.3. The maximum atomic E-state index is 13.7. The first-order valence-corrected chi connectivity index (χ1v) is 16.9. The summed E-state index contributed by atoms with van der Waals surface area (Å²) in [5, 5.41) is 12.2. The molecule has 0 saturated carbocycles. The Morgan fingerprint density at radius 2 is 1.51 bits per heavy atom. The minimum absolute atomic E-state index is 0.0418. The average molecular weight is 618 g/mol. The molecule has 0 fully saturated rings. The average Bonchev–Trinajstić information content (AvgIpc) is 3.24. The maximum absolute atomic E-state index is 13.7. The number of ether oxygens (including phenoxy) is 1. The molecule has 0 aliphatic rings. The first kappa shape index (κ1) is 35.9. The lowest BCUT2D eigenvalue weighted by Gasteiger charge is -2.21. The predicted molar refractivity (Wildman–Crippen MR) is 172 cm³/mol. The third-order valence-electron chi connectivity index (χ3n) is 7.15. The van der Waals surface area contributed by atoms with E-state index in [1.54, 1.807) is 12.1 Å². The van der Waals surface area contributed by atoms with Crippen LogP contribution in [0.3, 0.4) is 0 Å². The van der Waals surface area contributed by atoms with Crippen molar-refractivity contribution in [1.82, 2.24) is 9.47 Å². The number of unbranched alkanes of at least 4 members (excludes halogenated alkanes) is 3. The minimum atomic E-state index is -3.67. The van der Waals surface area contributed by atoms with Crippen molar-refractivity contribution in [2.45, 2.75) is 72.1 Å². The van der Waals surface area contributed by atoms with Crippen LogP contribution >= 0.6 is 0 Å². The minimum Gasteiger partial charge on any atom is -0.494 e. The number of ketones is 1. The highest BCUT2D eigenvalue weighted by molar-refractivity contribution is 7.85. The van der Waals surface area contributed by atoms with Gasteiger partial charge in [0.1, 0.15) is 5.75 Å². The number of nitro benzene ring substituents is 1. The van der Waals surface area contributed by atoms with Gasteiger partial charge in [-0.25, -0.2) is 0 Å². The van der Waals surface area contributed by atoms with Crippen molar-refractivity contribution in [2.24, 2.45) is 7.05 Å². The van der Waals surface area contributed by atoms with E-state index in [-0.39, 0.29) is 16.4 Å². The van der Waals surface area contributed by atoms with Crippen LogP contribution in [0.5, 0.6) is 5.75 Å². The van der Waals surface area contributed by atoms with Gasteiger partial charge in [0.05, 0.1) is 23.5 Å². The lowest BCUT2D eigenvalue weighted by Crippen LogP contribution is -2.28. The van der Waals surface area contributed by atoms with E-state index in [1.165, 1.54) is 31.7 Å². The fraction of sp³-hybridized carbons (Fsp3) is 0.531. The monoisotopic (exact) mass is 617 g/mol. The molecule has 3 rings (SSSR count). The summed E-state index contributed by atoms with van der Waals surface area (Å²) in [4.78, 5) is 27.2. The molecule has 0 amide bonds. The number of carbonyl (C=O) groups is 1. The summed E-state index contributed by atoms with van der Waals surface area (Å²) in [6.07, 6.45) is 9.14. The van der Waals surface area contributed by atoms with Gasteiger partial charge in [-0.3, -0.25) is 19.5 Å². The van der Waals surface area contributed by atoms with Gasteiger partial charge < -0.3 is 14.2 Å². The van der Waals surface area contributed by atoms with Crippen LogP contribution in [-0.4, -0.2) is 65.6 Å². The van der Waals surface area contributed by atoms with Crippen molar-refractivity contribution in [2.75, 3.05) is 32.5 Å². The van der Waals surface area contributed by atoms with Gasteiger partial charge in [0.2, 0.25) is 5.78 Å². The Balaban J connectivity index is 0.00000119. The van der Waals surface area contributed by atoms with E-state index in [0.717, 1.165) is 61.1 Å². The van der Waals surface area contributed by atoms with E-state index in [4.69, 9.17) is 9.29 Å². The van der Waals surface area contributed by atoms with Crippen LogP contribution in [0.25, 0.3) is 10.9 Å². The van der Waals surface area contributed by atoms with Crippen LogP contribution in [0.1, 0.15) is 87.3 Å². The zero-order valence-electron chi connectivity index (χ0n) is 26.2. The van der Waals surface area contributed by atoms with Gasteiger partial charge >= 0.3 is 0 Å². The van der Waals surface area contributed by atoms with Crippen molar-refractivity contribution in [3.63, 3.8) is 0 Å². The molecule has 2 aromatic carbocycles. The summed E-state index contributed by atoms with van der Waals surface area (Å²) >= 11 is 0. The van der Waals surface area contributed by atoms with E-state index in [1.807, 2.05) is 35.9 Å². The lowest BCUT2D eigenvalue weighted by molar-refractivity contribution is -0.384. The molecule has 1 aromatic heterocycles. The molecule has 0 spiro atoms. The number of nitrogens with zero attached hydrogens (tertiary/aromatic N) is 3. The Morgan fingerprint density at radius 3 is 2.05 bits per heavy atom. The summed E-state index contributed by atoms with van der Waals surface area (Å²) in [5.41, 5.74) is 2.94. The van der Waals surface area contributed by atoms with E-state index in [9.17, 15) is 23.3 Å². The van der Waals surface area contributed by atoms with Crippen LogP contribution in [0.2, 0.25) is 0 Å². The van der Waals surface area contributed by atoms with E-state index in [0.29, 0.717) is 30.5 Å². The molecule has 3 aromatic rings. The van der Waals surface area contributed by atoms with E-state index in [2.05, 4.69) is 25.7 Å². The highest BCUT2D eigenvalue weighted by Crippen LogP contribution is 2.32. The number of non-ortho nitro benzene ring substituents is 1. The summed E-state index contributed by atoms with van der Waals surface area (Å²) in [5.74, 6) is 0.681. The number of carbonyl (C=O) groups excluding carboxylic acids is 1. The first-order valence-electron chi connectivity index (χ1n) is 15.1. The van der Waals surface area contributed by atoms with E-state index < -0.39 is 10.1 Å². The second kappa shape index (κ2) is 17.7. The number of nitro groups is 1. The molecule has 0 saturated heterocycles. The zero-order valence-corrected chi connectivity index (χ0v) is 27.0. The third kappa shape index (κ3) is 11.7. The molecule has 43 heavy (non-hydrogen) atoms. The van der Waals surface area contributed by atoms with Crippen molar-refractivity contribution in [3.8, 4) is 5.75 Å². The predicted octanol–water partition coefficient (Wildman–Crippen LogP) is 6.84. The fourth-order valence-electron chi connectivity index (χ4n) is 4.93. The fourth-order valence-corrected chi connectivity index (χ4v) is 4.93. The molecule has 0 bridgehead atoms. The Labute approximate surface area is 255 Å². The molecule has 0 aliphatic carbocycles. The molecular weight excluding hydrogens is 570 g/mol. The van der Waals surface area contributed by atoms with Crippen LogP contribution in [0.15, 0.2) is 42.5 Å². The standard InChI is InChI=1S/C31H43N3O4.CH4O3S/c1-5-8-12-27-28-23-25(34(36)37)15-18-29(28)32(4)30(27)31(35)24-13-16-26(17-14-24)38-22-11-21-33(19-9-6-2)20-10-7-3;1-5(2,3)4/h13-18,23H,5-12,19-22H2,1-4H3;1H3,(H,2,3,4). The Kier molecular flexibility index (Phi) is 14.8. The molecule has 1 heterocycles. The normalized spacial score (nSPS) is 11.4. The van der Waals surface area contributed by atoms with Gasteiger partial charge in [-0.05, 0) is 81.1 Å². The SMILES string of the molecule is CCCCc1c(C(=O)c2ccc(OCCCN(CCCC)CCCC)cc2)n(C)c2ccc([N+](=O)[O-])cc12.CS(=O)(=O)O. The second-order valence-electron chi connectivity index (χ2n) is 10.8. The Hall–Kier alpha value is -3.28. The molecule has 0 atom stereocenters. The Morgan fingerprint density at radius 1 is 0.953 bits per heavy atom. The smallest absolute Gasteiger partial charge is 0.270 e. The lowest BCUT2D eigenvalue weighted by atomic mass is 9.99. The number of hydrogen-bond donors (Lipinski definition) is 1. The van der Waals surface area contributed by atoms with Crippen LogP contribution in [-0.2, 0) is 23.6 Å². The van der Waals surface area contributed by atoms with Crippen LogP contribution < -0.4 is 4.74 Å². The van der Waals surface area contributed by atoms with Crippen molar-refractivity contribution in [3.05, 3.63) is 69.4 Å². The van der Waals surface area contributed by atoms with E-state index >= 15 is 0 Å². The van der Waals surface area contributed by atoms with Crippen molar-refractivity contribution in [1.29, 1.82) is 0 Å². The molecule has 0 radical (unpaired) electrons. The number of rotatable bonds is 17. The molecule has 0 aliphatic heterocycles. The molecule has 238 valence electrons. The maximum Gasteiger partial charge on any atom is 0.270 e. The molecule has 1 N–H and O–H groups in total. The van der Waals surface area contributed by atoms with Gasteiger partial charge in [-0.1, -0.05) is 40.0 Å². The summed E-state index contributed by atoms with van der Waals surface area (Å²) in [6.45, 7) is 10.5. The van der Waals surface area contributed by atoms with Gasteiger partial charge in [-0.2, -0.15) is 8.42 Å². The van der Waals surface area contributed by atoms with Gasteiger partial charge in [0.25, 0.3) is 15.8 Å². The molecule has 0 unspecified atom stereocenters. The van der Waals surface area contributed by atoms with Crippen LogP contribution in [0.4, 0.5) is 5.69 Å². The molecule has 11 heteroatoms. The summed E-state index contributed by atoms with van der Waals surface area (Å²) in [7, 11) is -1.81. The highest BCUT2D eigenvalue weighted by Gasteiger charge is 2.23. The number of hydrogen-bond acceptors (Lipinski definition) is 7. The largest absolute Gasteiger partial charge is 0.494 e. The molecular formula is C32H47N3O7S. The number of aryl methyl sites for hydroxylation is 2. The number of aromatic nitrogens is 1. The number of fused-ring (bicyclic) bond motifs is 1. The quantitative estimate of drug-likeness (QED) is 0.0573. The van der Waals surface area contributed by atoms with Gasteiger partial charge in [0, 0.05) is 42.2 Å². The van der Waals surface area contributed by atoms with Crippen molar-refractivity contribution < 1.29 is 27.4 Å². The molecule has 10 nitrogen and oxygen atoms in total. The summed E-state index contributed by atoms with van der Waals surface area (Å²) in [6, 6.07) is 12.2. The zero-order chi connectivity index (χ0) is 32.0. The van der Waals surface area contributed by atoms with Crippen molar-refractivity contribution >= 4 is 32.5 Å². The van der Waals surface area contributed by atoms with Gasteiger partial charge in [0.15, 0.2) is 0 Å². The number of benzene rings is 2. The van der Waals surface area contributed by atoms with Gasteiger partial charge in [-0.15, -0.1) is 0 Å². The first-order chi connectivity index (χ1) is 20.4. The third-order valence-corrected chi connectivity index (χ3v) is 7.15. The van der Waals surface area contributed by atoms with Crippen LogP contribution in [0, 0.1) is 10.1 Å². The summed E-state index contributed by atoms with van der Waals surface area (Å²) < 4.78 is 33.7. The topological polar surface area (TPSA) is 132 Å². The highest BCUT2D eigenvalue weighted by atomic mass is 32.2. The Bertz CT molecular complexity index is 1420.